The van der Waals surface area contributed by atoms with Crippen LogP contribution in [0.3, 0.4) is 0 Å². The van der Waals surface area contributed by atoms with Gasteiger partial charge in [-0.1, -0.05) is 29.8 Å². The summed E-state index contributed by atoms with van der Waals surface area (Å²) in [5, 5.41) is 2.95. The van der Waals surface area contributed by atoms with E-state index >= 15 is 0 Å². The van der Waals surface area contributed by atoms with Crippen molar-refractivity contribution in [1.82, 2.24) is 15.3 Å². The number of hydrogen-bond donors (Lipinski definition) is 2. The van der Waals surface area contributed by atoms with Crippen LogP contribution in [-0.2, 0) is 11.3 Å². The van der Waals surface area contributed by atoms with Crippen molar-refractivity contribution in [3.05, 3.63) is 80.5 Å². The van der Waals surface area contributed by atoms with E-state index in [-0.39, 0.29) is 18.0 Å². The maximum atomic E-state index is 13.4. The van der Waals surface area contributed by atoms with Gasteiger partial charge in [-0.25, -0.2) is 4.98 Å². The van der Waals surface area contributed by atoms with E-state index in [9.17, 15) is 9.59 Å². The van der Waals surface area contributed by atoms with Crippen molar-refractivity contribution in [2.75, 3.05) is 25.2 Å². The standard InChI is InChI=1S/C28H34N4O3/c1-17-6-8-21(9-7-17)22-14-24(18(2)26(15-22)32(5)23-10-12-35-13-11-23)27(33)29-16-25-19(3)30-20(4)31-28(25)34/h6-9,14-15,23H,10-13,16H2,1-5H3,(H,29,33)(H,30,31,34). The lowest BCUT2D eigenvalue weighted by Crippen LogP contribution is -2.37. The summed E-state index contributed by atoms with van der Waals surface area (Å²) < 4.78 is 5.56. The zero-order valence-corrected chi connectivity index (χ0v) is 21.2. The maximum absolute atomic E-state index is 13.4. The molecule has 2 N–H and O–H groups in total. The summed E-state index contributed by atoms with van der Waals surface area (Å²) in [6.45, 7) is 9.19. The second-order valence-electron chi connectivity index (χ2n) is 9.39. The molecule has 7 heteroatoms. The lowest BCUT2D eigenvalue weighted by molar-refractivity contribution is 0.0854. The number of carbonyl (C=O) groups excluding carboxylic acids is 1. The number of aryl methyl sites for hydroxylation is 3. The highest BCUT2D eigenvalue weighted by Gasteiger charge is 2.23. The van der Waals surface area contributed by atoms with Gasteiger partial charge in [0.15, 0.2) is 0 Å². The molecule has 0 unspecified atom stereocenters. The number of carbonyl (C=O) groups is 1. The number of nitrogens with zero attached hydrogens (tertiary/aromatic N) is 2. The average Bonchev–Trinajstić information content (AvgIpc) is 2.84. The second-order valence-corrected chi connectivity index (χ2v) is 9.39. The Morgan fingerprint density at radius 2 is 1.77 bits per heavy atom. The van der Waals surface area contributed by atoms with Crippen LogP contribution >= 0.6 is 0 Å². The third kappa shape index (κ3) is 5.46. The number of amides is 1. The highest BCUT2D eigenvalue weighted by molar-refractivity contribution is 5.99. The molecular formula is C28H34N4O3. The molecule has 1 aliphatic rings. The van der Waals surface area contributed by atoms with Gasteiger partial charge in [0.05, 0.1) is 12.1 Å². The van der Waals surface area contributed by atoms with E-state index in [0.29, 0.717) is 28.7 Å². The summed E-state index contributed by atoms with van der Waals surface area (Å²) in [5.41, 5.74) is 6.65. The molecule has 0 bridgehead atoms. The summed E-state index contributed by atoms with van der Waals surface area (Å²) in [5.74, 6) is 0.350. The number of aromatic nitrogens is 2. The van der Waals surface area contributed by atoms with Crippen LogP contribution in [0.25, 0.3) is 11.1 Å². The number of hydrogen-bond acceptors (Lipinski definition) is 5. The number of nitrogens with one attached hydrogen (secondary N) is 2. The monoisotopic (exact) mass is 474 g/mol. The molecule has 2 heterocycles. The second kappa shape index (κ2) is 10.4. The summed E-state index contributed by atoms with van der Waals surface area (Å²) in [4.78, 5) is 35.2. The molecule has 35 heavy (non-hydrogen) atoms. The van der Waals surface area contributed by atoms with Gasteiger partial charge in [-0.2, -0.15) is 0 Å². The van der Waals surface area contributed by atoms with Gasteiger partial charge in [0.2, 0.25) is 0 Å². The van der Waals surface area contributed by atoms with Crippen LogP contribution in [0.5, 0.6) is 0 Å². The molecule has 1 fully saturated rings. The van der Waals surface area contributed by atoms with Crippen LogP contribution in [0.4, 0.5) is 5.69 Å². The maximum Gasteiger partial charge on any atom is 0.256 e. The van der Waals surface area contributed by atoms with E-state index in [2.05, 4.69) is 64.5 Å². The van der Waals surface area contributed by atoms with E-state index in [1.54, 1.807) is 13.8 Å². The first-order chi connectivity index (χ1) is 16.7. The minimum Gasteiger partial charge on any atom is -0.381 e. The van der Waals surface area contributed by atoms with Crippen molar-refractivity contribution in [2.24, 2.45) is 0 Å². The molecule has 1 amide bonds. The van der Waals surface area contributed by atoms with E-state index in [0.717, 1.165) is 48.4 Å². The quantitative estimate of drug-likeness (QED) is 0.559. The first kappa shape index (κ1) is 24.7. The number of aromatic amines is 1. The first-order valence-corrected chi connectivity index (χ1v) is 12.1. The minimum absolute atomic E-state index is 0.118. The van der Waals surface area contributed by atoms with Crippen LogP contribution < -0.4 is 15.8 Å². The fourth-order valence-corrected chi connectivity index (χ4v) is 4.71. The molecule has 1 saturated heterocycles. The Kier molecular flexibility index (Phi) is 7.36. The van der Waals surface area contributed by atoms with Crippen LogP contribution in [0.2, 0.25) is 0 Å². The predicted octanol–water partition coefficient (Wildman–Crippen LogP) is 4.22. The molecule has 1 aliphatic heterocycles. The SMILES string of the molecule is Cc1ccc(-c2cc(C(=O)NCc3c(C)nc(C)[nH]c3=O)c(C)c(N(C)C3CCOCC3)c2)cc1. The molecule has 1 aromatic heterocycles. The fourth-order valence-electron chi connectivity index (χ4n) is 4.71. The van der Waals surface area contributed by atoms with Gasteiger partial charge in [0.1, 0.15) is 5.82 Å². The Morgan fingerprint density at radius 1 is 1.09 bits per heavy atom. The Bertz CT molecular complexity index is 1270. The van der Waals surface area contributed by atoms with Gasteiger partial charge in [-0.15, -0.1) is 0 Å². The van der Waals surface area contributed by atoms with Gasteiger partial charge in [0, 0.05) is 43.2 Å². The average molecular weight is 475 g/mol. The third-order valence-corrected chi connectivity index (χ3v) is 6.89. The normalized spacial score (nSPS) is 14.1. The molecule has 7 nitrogen and oxygen atoms in total. The Hall–Kier alpha value is -3.45. The number of rotatable bonds is 6. The van der Waals surface area contributed by atoms with E-state index in [1.165, 1.54) is 5.56 Å². The van der Waals surface area contributed by atoms with Gasteiger partial charge in [-0.3, -0.25) is 9.59 Å². The zero-order chi connectivity index (χ0) is 25.1. The first-order valence-electron chi connectivity index (χ1n) is 12.1. The number of benzene rings is 2. The zero-order valence-electron chi connectivity index (χ0n) is 21.2. The van der Waals surface area contributed by atoms with Gasteiger partial charge in [0.25, 0.3) is 11.5 Å². The van der Waals surface area contributed by atoms with Crippen molar-refractivity contribution in [3.8, 4) is 11.1 Å². The predicted molar refractivity (Wildman–Crippen MR) is 139 cm³/mol. The van der Waals surface area contributed by atoms with Crippen molar-refractivity contribution >= 4 is 11.6 Å². The molecule has 0 spiro atoms. The summed E-state index contributed by atoms with van der Waals surface area (Å²) in [7, 11) is 2.10. The Labute approximate surface area is 206 Å². The van der Waals surface area contributed by atoms with Crippen molar-refractivity contribution in [1.29, 1.82) is 0 Å². The lowest BCUT2D eigenvalue weighted by Gasteiger charge is -2.34. The van der Waals surface area contributed by atoms with Crippen molar-refractivity contribution in [2.45, 2.75) is 53.1 Å². The molecule has 2 aromatic carbocycles. The molecular weight excluding hydrogens is 440 g/mol. The molecule has 0 aliphatic carbocycles. The fraction of sp³-hybridized carbons (Fsp3) is 0.393. The minimum atomic E-state index is -0.222. The van der Waals surface area contributed by atoms with Crippen LogP contribution in [-0.4, -0.2) is 42.2 Å². The Morgan fingerprint density at radius 3 is 2.43 bits per heavy atom. The molecule has 0 atom stereocenters. The van der Waals surface area contributed by atoms with Crippen molar-refractivity contribution in [3.63, 3.8) is 0 Å². The van der Waals surface area contributed by atoms with E-state index < -0.39 is 0 Å². The number of anilines is 1. The highest BCUT2D eigenvalue weighted by Crippen LogP contribution is 2.33. The number of H-pyrrole nitrogens is 1. The Balaban J connectivity index is 1.70. The molecule has 0 radical (unpaired) electrons. The summed E-state index contributed by atoms with van der Waals surface area (Å²) in [6.07, 6.45) is 1.91. The lowest BCUT2D eigenvalue weighted by atomic mass is 9.95. The molecule has 0 saturated carbocycles. The summed E-state index contributed by atoms with van der Waals surface area (Å²) in [6, 6.07) is 12.8. The van der Waals surface area contributed by atoms with Gasteiger partial charge in [-0.05, 0) is 69.4 Å². The smallest absolute Gasteiger partial charge is 0.256 e. The van der Waals surface area contributed by atoms with Crippen LogP contribution in [0.15, 0.2) is 41.2 Å². The molecule has 184 valence electrons. The summed E-state index contributed by atoms with van der Waals surface area (Å²) >= 11 is 0. The van der Waals surface area contributed by atoms with Crippen LogP contribution in [0, 0.1) is 27.7 Å². The topological polar surface area (TPSA) is 87.3 Å². The van der Waals surface area contributed by atoms with Crippen molar-refractivity contribution < 1.29 is 9.53 Å². The molecule has 3 aromatic rings. The van der Waals surface area contributed by atoms with E-state index in [1.807, 2.05) is 13.0 Å². The largest absolute Gasteiger partial charge is 0.381 e. The molecule has 4 rings (SSSR count). The van der Waals surface area contributed by atoms with E-state index in [4.69, 9.17) is 4.74 Å². The highest BCUT2D eigenvalue weighted by atomic mass is 16.5. The van der Waals surface area contributed by atoms with Gasteiger partial charge < -0.3 is 19.9 Å². The van der Waals surface area contributed by atoms with Gasteiger partial charge >= 0.3 is 0 Å². The number of ether oxygens (including phenoxy) is 1. The van der Waals surface area contributed by atoms with Crippen LogP contribution in [0.1, 0.15) is 51.4 Å². The third-order valence-electron chi connectivity index (χ3n) is 6.89.